The maximum atomic E-state index is 13.0. The van der Waals surface area contributed by atoms with Crippen LogP contribution in [0, 0.1) is 0 Å². The highest BCUT2D eigenvalue weighted by molar-refractivity contribution is 8.00. The third-order valence-electron chi connectivity index (χ3n) is 4.79. The topological polar surface area (TPSA) is 103 Å². The van der Waals surface area contributed by atoms with Crippen LogP contribution in [0.4, 0.5) is 5.69 Å². The van der Waals surface area contributed by atoms with Gasteiger partial charge in [0.15, 0.2) is 16.7 Å². The highest BCUT2D eigenvalue weighted by Crippen LogP contribution is 2.35. The minimum Gasteiger partial charge on any atom is -0.497 e. The number of thioether (sulfide) groups is 1. The molecule has 1 unspecified atom stereocenters. The third kappa shape index (κ3) is 4.52. The summed E-state index contributed by atoms with van der Waals surface area (Å²) < 4.78 is 21.7. The first kappa shape index (κ1) is 21.6. The Morgan fingerprint density at radius 2 is 1.88 bits per heavy atom. The maximum absolute atomic E-state index is 13.0. The number of amides is 1. The van der Waals surface area contributed by atoms with Crippen molar-refractivity contribution in [3.63, 3.8) is 0 Å². The van der Waals surface area contributed by atoms with Gasteiger partial charge in [0.25, 0.3) is 0 Å². The number of nitrogens with zero attached hydrogens (tertiary/aromatic N) is 1. The zero-order valence-electron chi connectivity index (χ0n) is 17.9. The Balaban J connectivity index is 1.56. The first-order valence-corrected chi connectivity index (χ1v) is 10.9. The van der Waals surface area contributed by atoms with Crippen molar-refractivity contribution in [1.82, 2.24) is 9.97 Å². The lowest BCUT2D eigenvalue weighted by atomic mass is 10.2. The van der Waals surface area contributed by atoms with Gasteiger partial charge < -0.3 is 28.6 Å². The van der Waals surface area contributed by atoms with E-state index in [1.54, 1.807) is 57.1 Å². The molecule has 0 saturated heterocycles. The lowest BCUT2D eigenvalue weighted by molar-refractivity contribution is -0.115. The smallest absolute Gasteiger partial charge is 0.238 e. The molecule has 166 valence electrons. The number of benzene rings is 1. The number of hydrogen-bond donors (Lipinski definition) is 2. The summed E-state index contributed by atoms with van der Waals surface area (Å²) in [5, 5.41) is 3.14. The molecule has 0 radical (unpaired) electrons. The second kappa shape index (κ2) is 9.69. The molecular formula is C23H23N3O5S. The monoisotopic (exact) mass is 453 g/mol. The van der Waals surface area contributed by atoms with E-state index in [1.807, 2.05) is 19.1 Å². The number of furan rings is 2. The van der Waals surface area contributed by atoms with Crippen LogP contribution in [0.5, 0.6) is 11.5 Å². The van der Waals surface area contributed by atoms with Gasteiger partial charge in [0.2, 0.25) is 5.91 Å². The van der Waals surface area contributed by atoms with E-state index < -0.39 is 0 Å². The summed E-state index contributed by atoms with van der Waals surface area (Å²) in [5.41, 5.74) is 1.89. The van der Waals surface area contributed by atoms with Gasteiger partial charge in [-0.15, -0.1) is 0 Å². The highest BCUT2D eigenvalue weighted by Gasteiger charge is 2.24. The predicted molar refractivity (Wildman–Crippen MR) is 122 cm³/mol. The number of H-pyrrole nitrogens is 1. The normalized spacial score (nSPS) is 11.8. The van der Waals surface area contributed by atoms with E-state index in [4.69, 9.17) is 18.3 Å². The molecule has 0 bridgehead atoms. The Hall–Kier alpha value is -3.59. The standard InChI is InChI=1S/C23H23N3O5S/c1-4-19(22(27)24-15-10-9-14(28-2)13-18(15)29-3)32-23-25-20(16-7-5-11-30-16)21(26-23)17-8-6-12-31-17/h5-13,19H,4H2,1-3H3,(H,24,27)(H,25,26). The van der Waals surface area contributed by atoms with Gasteiger partial charge >= 0.3 is 0 Å². The average molecular weight is 454 g/mol. The van der Waals surface area contributed by atoms with E-state index in [0.29, 0.717) is 51.7 Å². The number of imidazole rings is 1. The molecule has 0 fully saturated rings. The van der Waals surface area contributed by atoms with Gasteiger partial charge in [-0.1, -0.05) is 18.7 Å². The molecule has 0 spiro atoms. The molecule has 32 heavy (non-hydrogen) atoms. The Kier molecular flexibility index (Phi) is 6.55. The van der Waals surface area contributed by atoms with Crippen LogP contribution in [-0.2, 0) is 4.79 Å². The summed E-state index contributed by atoms with van der Waals surface area (Å²) in [6, 6.07) is 12.5. The number of aromatic nitrogens is 2. The maximum Gasteiger partial charge on any atom is 0.238 e. The second-order valence-corrected chi connectivity index (χ2v) is 7.98. The van der Waals surface area contributed by atoms with E-state index in [1.165, 1.54) is 11.8 Å². The lowest BCUT2D eigenvalue weighted by Gasteiger charge is -2.16. The summed E-state index contributed by atoms with van der Waals surface area (Å²) in [6.45, 7) is 1.95. The van der Waals surface area contributed by atoms with Crippen LogP contribution in [0.3, 0.4) is 0 Å². The zero-order chi connectivity index (χ0) is 22.5. The van der Waals surface area contributed by atoms with Crippen LogP contribution in [0.1, 0.15) is 13.3 Å². The predicted octanol–water partition coefficient (Wildman–Crippen LogP) is 5.46. The van der Waals surface area contributed by atoms with Gasteiger partial charge in [-0.3, -0.25) is 4.79 Å². The Morgan fingerprint density at radius 3 is 2.50 bits per heavy atom. The minimum atomic E-state index is -0.387. The van der Waals surface area contributed by atoms with Crippen molar-refractivity contribution < 1.29 is 23.1 Å². The number of hydrogen-bond acceptors (Lipinski definition) is 7. The fourth-order valence-corrected chi connectivity index (χ4v) is 4.08. The lowest BCUT2D eigenvalue weighted by Crippen LogP contribution is -2.25. The van der Waals surface area contributed by atoms with Gasteiger partial charge in [0, 0.05) is 6.07 Å². The molecule has 0 saturated carbocycles. The molecule has 0 aliphatic carbocycles. The van der Waals surface area contributed by atoms with Crippen LogP contribution in [0.15, 0.2) is 69.0 Å². The number of methoxy groups -OCH3 is 2. The first-order chi connectivity index (χ1) is 15.6. The molecule has 8 nitrogen and oxygen atoms in total. The molecule has 1 amide bonds. The number of anilines is 1. The van der Waals surface area contributed by atoms with Gasteiger partial charge in [0.05, 0.1) is 37.7 Å². The molecular weight excluding hydrogens is 430 g/mol. The molecule has 4 rings (SSSR count). The number of nitrogens with one attached hydrogen (secondary N) is 2. The summed E-state index contributed by atoms with van der Waals surface area (Å²) in [5.74, 6) is 2.26. The molecule has 2 N–H and O–H groups in total. The van der Waals surface area contributed by atoms with Crippen LogP contribution in [-0.4, -0.2) is 35.3 Å². The SMILES string of the molecule is CCC(Sc1nc(-c2ccco2)c(-c2ccco2)[nH]1)C(=O)Nc1ccc(OC)cc1OC. The molecule has 1 atom stereocenters. The Labute approximate surface area is 189 Å². The fourth-order valence-electron chi connectivity index (χ4n) is 3.17. The minimum absolute atomic E-state index is 0.156. The molecule has 0 aliphatic rings. The van der Waals surface area contributed by atoms with E-state index >= 15 is 0 Å². The van der Waals surface area contributed by atoms with Gasteiger partial charge in [-0.25, -0.2) is 4.98 Å². The van der Waals surface area contributed by atoms with Crippen LogP contribution in [0.2, 0.25) is 0 Å². The van der Waals surface area contributed by atoms with E-state index in [9.17, 15) is 4.79 Å². The van der Waals surface area contributed by atoms with Crippen molar-refractivity contribution in [2.24, 2.45) is 0 Å². The number of carbonyl (C=O) groups is 1. The van der Waals surface area contributed by atoms with Crippen molar-refractivity contribution >= 4 is 23.4 Å². The average Bonchev–Trinajstić information content (AvgIpc) is 3.58. The zero-order valence-corrected chi connectivity index (χ0v) is 18.7. The molecule has 9 heteroatoms. The molecule has 3 aromatic heterocycles. The van der Waals surface area contributed by atoms with Crippen molar-refractivity contribution in [3.8, 4) is 34.4 Å². The van der Waals surface area contributed by atoms with E-state index in [2.05, 4.69) is 15.3 Å². The second-order valence-electron chi connectivity index (χ2n) is 6.79. The molecule has 0 aliphatic heterocycles. The fraction of sp³-hybridized carbons (Fsp3) is 0.217. The van der Waals surface area contributed by atoms with Crippen LogP contribution >= 0.6 is 11.8 Å². The molecule has 1 aromatic carbocycles. The van der Waals surface area contributed by atoms with E-state index in [-0.39, 0.29) is 11.2 Å². The summed E-state index contributed by atoms with van der Waals surface area (Å²) in [6.07, 6.45) is 3.79. The summed E-state index contributed by atoms with van der Waals surface area (Å²) >= 11 is 1.34. The largest absolute Gasteiger partial charge is 0.497 e. The van der Waals surface area contributed by atoms with Crippen molar-refractivity contribution in [3.05, 3.63) is 55.0 Å². The van der Waals surface area contributed by atoms with Crippen LogP contribution in [0.25, 0.3) is 22.9 Å². The number of rotatable bonds is 9. The highest BCUT2D eigenvalue weighted by atomic mass is 32.2. The third-order valence-corrected chi connectivity index (χ3v) is 6.04. The Morgan fingerprint density at radius 1 is 1.12 bits per heavy atom. The Bertz CT molecular complexity index is 1120. The van der Waals surface area contributed by atoms with Crippen molar-refractivity contribution in [2.75, 3.05) is 19.5 Å². The number of aromatic amines is 1. The first-order valence-electron chi connectivity index (χ1n) is 10.00. The number of ether oxygens (including phenoxy) is 2. The van der Waals surface area contributed by atoms with E-state index in [0.717, 1.165) is 0 Å². The molecule has 4 aromatic rings. The van der Waals surface area contributed by atoms with Gasteiger partial charge in [-0.05, 0) is 42.8 Å². The van der Waals surface area contributed by atoms with Gasteiger partial charge in [-0.2, -0.15) is 0 Å². The molecule has 3 heterocycles. The van der Waals surface area contributed by atoms with Crippen molar-refractivity contribution in [2.45, 2.75) is 23.8 Å². The number of carbonyl (C=O) groups excluding carboxylic acids is 1. The van der Waals surface area contributed by atoms with Gasteiger partial charge in [0.1, 0.15) is 22.9 Å². The van der Waals surface area contributed by atoms with Crippen molar-refractivity contribution in [1.29, 1.82) is 0 Å². The van der Waals surface area contributed by atoms with Crippen LogP contribution < -0.4 is 14.8 Å². The quantitative estimate of drug-likeness (QED) is 0.325. The summed E-state index contributed by atoms with van der Waals surface area (Å²) in [4.78, 5) is 21.0. The summed E-state index contributed by atoms with van der Waals surface area (Å²) in [7, 11) is 3.12.